The van der Waals surface area contributed by atoms with E-state index in [1.807, 2.05) is 4.98 Å². The van der Waals surface area contributed by atoms with Crippen LogP contribution >= 0.6 is 0 Å². The molecule has 0 spiro atoms. The van der Waals surface area contributed by atoms with E-state index in [-0.39, 0.29) is 22.5 Å². The Kier molecular flexibility index (Phi) is 4.06. The monoisotopic (exact) mass is 306 g/mol. The standard InChI is InChI=1S/C13H14N4O5/c1-5(2)8(12(20)21)15-10(18)6-3-7-9(14-4-6)16-13(22)17-11(7)19/h3-5,8H,1-2H3,(H,15,18)(H,20,21)(H2,14,16,17,19,22)/t8-/m0/s1. The molecule has 0 aromatic carbocycles. The van der Waals surface area contributed by atoms with Crippen molar-refractivity contribution < 1.29 is 14.7 Å². The van der Waals surface area contributed by atoms with Crippen LogP contribution in [0.25, 0.3) is 11.0 Å². The van der Waals surface area contributed by atoms with Gasteiger partial charge in [-0.05, 0) is 12.0 Å². The molecule has 9 heteroatoms. The highest BCUT2D eigenvalue weighted by Crippen LogP contribution is 2.08. The van der Waals surface area contributed by atoms with E-state index in [2.05, 4.69) is 15.3 Å². The predicted octanol–water partition coefficient (Wildman–Crippen LogP) is -0.550. The minimum Gasteiger partial charge on any atom is -0.480 e. The molecule has 0 radical (unpaired) electrons. The summed E-state index contributed by atoms with van der Waals surface area (Å²) >= 11 is 0. The van der Waals surface area contributed by atoms with Gasteiger partial charge in [0.05, 0.1) is 10.9 Å². The van der Waals surface area contributed by atoms with Crippen molar-refractivity contribution in [3.8, 4) is 0 Å². The molecule has 0 saturated heterocycles. The van der Waals surface area contributed by atoms with Gasteiger partial charge in [-0.3, -0.25) is 19.6 Å². The van der Waals surface area contributed by atoms with E-state index in [9.17, 15) is 19.2 Å². The Morgan fingerprint density at radius 2 is 1.95 bits per heavy atom. The summed E-state index contributed by atoms with van der Waals surface area (Å²) in [6.07, 6.45) is 1.16. The number of aromatic amines is 2. The summed E-state index contributed by atoms with van der Waals surface area (Å²) in [6, 6.07) is 0.183. The van der Waals surface area contributed by atoms with Crippen molar-refractivity contribution in [3.63, 3.8) is 0 Å². The fourth-order valence-corrected chi connectivity index (χ4v) is 1.91. The Hall–Kier alpha value is -2.97. The maximum absolute atomic E-state index is 12.1. The first kappa shape index (κ1) is 15.4. The zero-order valence-corrected chi connectivity index (χ0v) is 11.8. The molecule has 0 saturated carbocycles. The van der Waals surface area contributed by atoms with Crippen molar-refractivity contribution in [2.24, 2.45) is 5.92 Å². The summed E-state index contributed by atoms with van der Waals surface area (Å²) in [5.41, 5.74) is -1.31. The fourth-order valence-electron chi connectivity index (χ4n) is 1.91. The lowest BCUT2D eigenvalue weighted by Gasteiger charge is -2.17. The molecule has 9 nitrogen and oxygen atoms in total. The number of nitrogens with zero attached hydrogens (tertiary/aromatic N) is 1. The van der Waals surface area contributed by atoms with E-state index in [1.165, 1.54) is 6.07 Å². The highest BCUT2D eigenvalue weighted by atomic mass is 16.4. The number of carboxylic acids is 1. The van der Waals surface area contributed by atoms with Crippen molar-refractivity contribution in [2.75, 3.05) is 0 Å². The fraction of sp³-hybridized carbons (Fsp3) is 0.308. The van der Waals surface area contributed by atoms with Crippen LogP contribution < -0.4 is 16.6 Å². The Labute approximate surface area is 123 Å². The number of fused-ring (bicyclic) bond motifs is 1. The zero-order chi connectivity index (χ0) is 16.4. The molecule has 0 unspecified atom stereocenters. The van der Waals surface area contributed by atoms with E-state index < -0.39 is 29.2 Å². The Bertz CT molecular complexity index is 851. The minimum absolute atomic E-state index is 0.0250. The van der Waals surface area contributed by atoms with E-state index in [0.29, 0.717) is 0 Å². The molecule has 1 atom stereocenters. The highest BCUT2D eigenvalue weighted by Gasteiger charge is 2.24. The van der Waals surface area contributed by atoms with Crippen molar-refractivity contribution >= 4 is 22.9 Å². The molecular weight excluding hydrogens is 292 g/mol. The molecule has 116 valence electrons. The topological polar surface area (TPSA) is 145 Å². The summed E-state index contributed by atoms with van der Waals surface area (Å²) < 4.78 is 0. The average molecular weight is 306 g/mol. The first-order chi connectivity index (χ1) is 10.3. The van der Waals surface area contributed by atoms with Crippen LogP contribution in [0.1, 0.15) is 24.2 Å². The zero-order valence-electron chi connectivity index (χ0n) is 11.8. The summed E-state index contributed by atoms with van der Waals surface area (Å²) in [6.45, 7) is 3.32. The van der Waals surface area contributed by atoms with Gasteiger partial charge < -0.3 is 10.4 Å². The number of aromatic nitrogens is 3. The number of carboxylic acid groups (broad SMARTS) is 1. The predicted molar refractivity (Wildman–Crippen MR) is 76.7 cm³/mol. The molecule has 2 heterocycles. The minimum atomic E-state index is -1.15. The number of pyridine rings is 1. The van der Waals surface area contributed by atoms with Gasteiger partial charge in [0.15, 0.2) is 0 Å². The van der Waals surface area contributed by atoms with Gasteiger partial charge in [0, 0.05) is 6.20 Å². The third-order valence-corrected chi connectivity index (χ3v) is 3.07. The summed E-state index contributed by atoms with van der Waals surface area (Å²) in [7, 11) is 0. The van der Waals surface area contributed by atoms with Gasteiger partial charge in [-0.1, -0.05) is 13.8 Å². The second kappa shape index (κ2) is 5.80. The molecule has 0 aliphatic carbocycles. The molecule has 1 amide bonds. The van der Waals surface area contributed by atoms with Gasteiger partial charge in [-0.25, -0.2) is 14.6 Å². The van der Waals surface area contributed by atoms with E-state index >= 15 is 0 Å². The van der Waals surface area contributed by atoms with Crippen LogP contribution in [0.2, 0.25) is 0 Å². The number of amides is 1. The smallest absolute Gasteiger partial charge is 0.327 e. The van der Waals surface area contributed by atoms with Crippen molar-refractivity contribution in [1.29, 1.82) is 0 Å². The first-order valence-electron chi connectivity index (χ1n) is 6.45. The third kappa shape index (κ3) is 3.03. The van der Waals surface area contributed by atoms with E-state index in [0.717, 1.165) is 6.20 Å². The lowest BCUT2D eigenvalue weighted by molar-refractivity contribution is -0.140. The average Bonchev–Trinajstić information content (AvgIpc) is 2.43. The molecule has 2 aromatic heterocycles. The lowest BCUT2D eigenvalue weighted by atomic mass is 10.0. The van der Waals surface area contributed by atoms with Crippen molar-refractivity contribution in [1.82, 2.24) is 20.3 Å². The molecule has 22 heavy (non-hydrogen) atoms. The Balaban J connectivity index is 2.39. The number of aliphatic carboxylic acids is 1. The van der Waals surface area contributed by atoms with Gasteiger partial charge in [-0.2, -0.15) is 0 Å². The number of hydrogen-bond acceptors (Lipinski definition) is 5. The Morgan fingerprint density at radius 3 is 2.55 bits per heavy atom. The first-order valence-corrected chi connectivity index (χ1v) is 6.45. The quantitative estimate of drug-likeness (QED) is 0.596. The SMILES string of the molecule is CC(C)[C@H](NC(=O)c1cnc2[nH]c(=O)[nH]c(=O)c2c1)C(=O)O. The number of H-pyrrole nitrogens is 2. The summed E-state index contributed by atoms with van der Waals surface area (Å²) in [5, 5.41) is 11.5. The number of carbonyl (C=O) groups is 2. The maximum Gasteiger partial charge on any atom is 0.327 e. The summed E-state index contributed by atoms with van der Waals surface area (Å²) in [5.74, 6) is -2.13. The molecular formula is C13H14N4O5. The van der Waals surface area contributed by atoms with Gasteiger partial charge in [0.2, 0.25) is 0 Å². The Morgan fingerprint density at radius 1 is 1.27 bits per heavy atom. The van der Waals surface area contributed by atoms with Crippen molar-refractivity contribution in [3.05, 3.63) is 38.7 Å². The normalized spacial score (nSPS) is 12.3. The van der Waals surface area contributed by atoms with Crippen LogP contribution in [0.5, 0.6) is 0 Å². The van der Waals surface area contributed by atoms with Crippen LogP contribution in [0.4, 0.5) is 0 Å². The second-order valence-corrected chi connectivity index (χ2v) is 5.06. The maximum atomic E-state index is 12.1. The number of hydrogen-bond donors (Lipinski definition) is 4. The van der Waals surface area contributed by atoms with Crippen LogP contribution in [-0.2, 0) is 4.79 Å². The highest BCUT2D eigenvalue weighted by molar-refractivity contribution is 5.98. The number of nitrogens with one attached hydrogen (secondary N) is 3. The van der Waals surface area contributed by atoms with Gasteiger partial charge in [-0.15, -0.1) is 0 Å². The molecule has 0 aliphatic rings. The van der Waals surface area contributed by atoms with E-state index in [4.69, 9.17) is 5.11 Å². The van der Waals surface area contributed by atoms with Crippen molar-refractivity contribution in [2.45, 2.75) is 19.9 Å². The van der Waals surface area contributed by atoms with Gasteiger partial charge >= 0.3 is 11.7 Å². The van der Waals surface area contributed by atoms with Crippen LogP contribution in [-0.4, -0.2) is 38.0 Å². The molecule has 2 aromatic rings. The molecule has 0 fully saturated rings. The molecule has 4 N–H and O–H groups in total. The number of carbonyl (C=O) groups excluding carboxylic acids is 1. The van der Waals surface area contributed by atoms with Gasteiger partial charge in [0.25, 0.3) is 11.5 Å². The largest absolute Gasteiger partial charge is 0.480 e. The molecule has 0 bridgehead atoms. The van der Waals surface area contributed by atoms with E-state index in [1.54, 1.807) is 13.8 Å². The lowest BCUT2D eigenvalue weighted by Crippen LogP contribution is -2.44. The number of rotatable bonds is 4. The third-order valence-electron chi connectivity index (χ3n) is 3.07. The van der Waals surface area contributed by atoms with Crippen LogP contribution in [0.15, 0.2) is 21.9 Å². The van der Waals surface area contributed by atoms with Crippen LogP contribution in [0, 0.1) is 5.92 Å². The van der Waals surface area contributed by atoms with Gasteiger partial charge in [0.1, 0.15) is 11.7 Å². The van der Waals surface area contributed by atoms with Crippen LogP contribution in [0.3, 0.4) is 0 Å². The second-order valence-electron chi connectivity index (χ2n) is 5.06. The summed E-state index contributed by atoms with van der Waals surface area (Å²) in [4.78, 5) is 54.2. The molecule has 0 aliphatic heterocycles. The molecule has 2 rings (SSSR count).